The second kappa shape index (κ2) is 3.67. The fourth-order valence-electron chi connectivity index (χ4n) is 1.86. The third kappa shape index (κ3) is 1.74. The Morgan fingerprint density at radius 1 is 1.29 bits per heavy atom. The highest BCUT2D eigenvalue weighted by Gasteiger charge is 2.42. The lowest BCUT2D eigenvalue weighted by Gasteiger charge is -2.26. The number of carbonyl (C=O) groups is 2. The summed E-state index contributed by atoms with van der Waals surface area (Å²) in [5.41, 5.74) is 0.200. The second-order valence-corrected chi connectivity index (χ2v) is 5.19. The zero-order chi connectivity index (χ0) is 12.8. The van der Waals surface area contributed by atoms with E-state index in [1.54, 1.807) is 45.0 Å². The van der Waals surface area contributed by atoms with E-state index in [0.717, 1.165) is 4.90 Å². The molecule has 2 rings (SSSR count). The Morgan fingerprint density at radius 2 is 1.88 bits per heavy atom. The Morgan fingerprint density at radius 3 is 2.41 bits per heavy atom. The van der Waals surface area contributed by atoms with Gasteiger partial charge >= 0.3 is 0 Å². The molecule has 0 spiro atoms. The van der Waals surface area contributed by atoms with E-state index in [0.29, 0.717) is 11.1 Å². The van der Waals surface area contributed by atoms with E-state index >= 15 is 0 Å². The first-order chi connectivity index (χ1) is 7.84. The number of hydrogen-bond donors (Lipinski definition) is 1. The van der Waals surface area contributed by atoms with Gasteiger partial charge < -0.3 is 5.11 Å². The van der Waals surface area contributed by atoms with E-state index in [4.69, 9.17) is 0 Å². The number of aliphatic hydroxyl groups is 1. The Balaban J connectivity index is 2.43. The van der Waals surface area contributed by atoms with Crippen LogP contribution in [0.2, 0.25) is 0 Å². The fourth-order valence-corrected chi connectivity index (χ4v) is 1.86. The summed E-state index contributed by atoms with van der Waals surface area (Å²) in [5, 5.41) is 10.0. The molecule has 0 unspecified atom stereocenters. The zero-order valence-corrected chi connectivity index (χ0v) is 10.1. The minimum Gasteiger partial charge on any atom is -0.369 e. The lowest BCUT2D eigenvalue weighted by atomic mass is 9.95. The number of aliphatic hydroxyl groups excluding tert-OH is 1. The van der Waals surface area contributed by atoms with Gasteiger partial charge in [-0.2, -0.15) is 0 Å². The van der Waals surface area contributed by atoms with Crippen molar-refractivity contribution in [1.82, 2.24) is 4.90 Å². The number of hydrogen-bond acceptors (Lipinski definition) is 3. The normalized spacial score (nSPS) is 19.4. The van der Waals surface area contributed by atoms with Crippen molar-refractivity contribution in [3.05, 3.63) is 35.4 Å². The summed E-state index contributed by atoms with van der Waals surface area (Å²) < 4.78 is 0. The molecule has 0 bridgehead atoms. The summed E-state index contributed by atoms with van der Waals surface area (Å²) in [5.74, 6) is -0.792. The molecule has 1 N–H and O–H groups in total. The molecule has 0 aromatic heterocycles. The van der Waals surface area contributed by atoms with E-state index in [1.165, 1.54) is 0 Å². The molecule has 0 aliphatic carbocycles. The number of imide groups is 1. The molecule has 17 heavy (non-hydrogen) atoms. The van der Waals surface area contributed by atoms with Crippen LogP contribution in [0.4, 0.5) is 0 Å². The van der Waals surface area contributed by atoms with Crippen LogP contribution in [0.5, 0.6) is 0 Å². The molecule has 0 saturated heterocycles. The van der Waals surface area contributed by atoms with Crippen molar-refractivity contribution >= 4 is 11.8 Å². The maximum Gasteiger partial charge on any atom is 0.263 e. The Hall–Kier alpha value is -1.68. The minimum atomic E-state index is -1.16. The summed E-state index contributed by atoms with van der Waals surface area (Å²) in [6.07, 6.45) is -1.16. The predicted octanol–water partition coefficient (Wildman–Crippen LogP) is 1.71. The van der Waals surface area contributed by atoms with Crippen LogP contribution < -0.4 is 0 Å². The third-order valence-electron chi connectivity index (χ3n) is 2.79. The lowest BCUT2D eigenvalue weighted by Crippen LogP contribution is -2.41. The molecule has 1 aromatic carbocycles. The van der Waals surface area contributed by atoms with Crippen LogP contribution in [0.25, 0.3) is 0 Å². The first-order valence-electron chi connectivity index (χ1n) is 5.49. The van der Waals surface area contributed by atoms with Crippen LogP contribution in [-0.2, 0) is 4.79 Å². The number of carbonyl (C=O) groups excluding carboxylic acids is 2. The molecule has 1 aliphatic rings. The summed E-state index contributed by atoms with van der Waals surface area (Å²) in [7, 11) is 0. The van der Waals surface area contributed by atoms with Crippen LogP contribution in [0.15, 0.2) is 24.3 Å². The topological polar surface area (TPSA) is 57.6 Å². The first-order valence-corrected chi connectivity index (χ1v) is 5.49. The van der Waals surface area contributed by atoms with E-state index in [9.17, 15) is 14.7 Å². The standard InChI is InChI=1S/C13H15NO3/c1-13(2,3)12(17)14-10(15)8-6-4-5-7-9(8)11(14)16/h4-7,10,15H,1-3H3/t10-/m0/s1. The molecule has 1 aliphatic heterocycles. The molecule has 2 amide bonds. The fraction of sp³-hybridized carbons (Fsp3) is 0.385. The van der Waals surface area contributed by atoms with Gasteiger partial charge in [-0.25, -0.2) is 4.90 Å². The highest BCUT2D eigenvalue weighted by Crippen LogP contribution is 2.34. The summed E-state index contributed by atoms with van der Waals surface area (Å²) in [4.78, 5) is 25.1. The van der Waals surface area contributed by atoms with Gasteiger partial charge in [-0.15, -0.1) is 0 Å². The molecular weight excluding hydrogens is 218 g/mol. The second-order valence-electron chi connectivity index (χ2n) is 5.19. The maximum absolute atomic E-state index is 12.1. The van der Waals surface area contributed by atoms with Gasteiger partial charge in [0.2, 0.25) is 5.91 Å². The van der Waals surface area contributed by atoms with Crippen molar-refractivity contribution in [3.8, 4) is 0 Å². The highest BCUT2D eigenvalue weighted by atomic mass is 16.3. The van der Waals surface area contributed by atoms with E-state index in [2.05, 4.69) is 0 Å². The van der Waals surface area contributed by atoms with Crippen LogP contribution >= 0.6 is 0 Å². The molecule has 1 atom stereocenters. The predicted molar refractivity (Wildman–Crippen MR) is 62.0 cm³/mol. The summed E-state index contributed by atoms with van der Waals surface area (Å²) >= 11 is 0. The van der Waals surface area contributed by atoms with Gasteiger partial charge in [0, 0.05) is 16.5 Å². The van der Waals surface area contributed by atoms with Gasteiger partial charge in [-0.1, -0.05) is 39.0 Å². The third-order valence-corrected chi connectivity index (χ3v) is 2.79. The molecule has 4 heteroatoms. The Bertz CT molecular complexity index is 488. The average Bonchev–Trinajstić information content (AvgIpc) is 2.51. The van der Waals surface area contributed by atoms with Crippen LogP contribution in [0.1, 0.15) is 42.9 Å². The van der Waals surface area contributed by atoms with Crippen molar-refractivity contribution in [2.75, 3.05) is 0 Å². The molecule has 1 heterocycles. The van der Waals surface area contributed by atoms with Crippen molar-refractivity contribution in [3.63, 3.8) is 0 Å². The Kier molecular flexibility index (Phi) is 2.54. The van der Waals surface area contributed by atoms with E-state index < -0.39 is 17.6 Å². The van der Waals surface area contributed by atoms with Gasteiger partial charge in [0.1, 0.15) is 0 Å². The van der Waals surface area contributed by atoms with Crippen LogP contribution in [0, 0.1) is 5.41 Å². The smallest absolute Gasteiger partial charge is 0.263 e. The van der Waals surface area contributed by atoms with Gasteiger partial charge in [0.25, 0.3) is 5.91 Å². The van der Waals surface area contributed by atoms with Gasteiger partial charge in [-0.3, -0.25) is 9.59 Å². The van der Waals surface area contributed by atoms with Gasteiger partial charge in [0.05, 0.1) is 0 Å². The highest BCUT2D eigenvalue weighted by molar-refractivity contribution is 6.09. The van der Waals surface area contributed by atoms with Crippen molar-refractivity contribution < 1.29 is 14.7 Å². The van der Waals surface area contributed by atoms with Gasteiger partial charge in [0.15, 0.2) is 6.23 Å². The number of amides is 2. The lowest BCUT2D eigenvalue weighted by molar-refractivity contribution is -0.144. The largest absolute Gasteiger partial charge is 0.369 e. The van der Waals surface area contributed by atoms with Crippen LogP contribution in [0.3, 0.4) is 0 Å². The van der Waals surface area contributed by atoms with Crippen LogP contribution in [-0.4, -0.2) is 21.8 Å². The molecule has 4 nitrogen and oxygen atoms in total. The number of rotatable bonds is 0. The number of fused-ring (bicyclic) bond motifs is 1. The molecular formula is C13H15NO3. The first kappa shape index (κ1) is 11.8. The quantitative estimate of drug-likeness (QED) is 0.742. The van der Waals surface area contributed by atoms with Crippen molar-refractivity contribution in [2.45, 2.75) is 27.0 Å². The number of benzene rings is 1. The molecule has 90 valence electrons. The number of nitrogens with zero attached hydrogens (tertiary/aromatic N) is 1. The monoisotopic (exact) mass is 233 g/mol. The van der Waals surface area contributed by atoms with Gasteiger partial charge in [-0.05, 0) is 6.07 Å². The molecule has 0 saturated carbocycles. The van der Waals surface area contributed by atoms with Crippen molar-refractivity contribution in [2.24, 2.45) is 5.41 Å². The van der Waals surface area contributed by atoms with Crippen molar-refractivity contribution in [1.29, 1.82) is 0 Å². The SMILES string of the molecule is CC(C)(C)C(=O)N1C(=O)c2ccccc2[C@@H]1O. The minimum absolute atomic E-state index is 0.369. The molecule has 0 fully saturated rings. The average molecular weight is 233 g/mol. The summed E-state index contributed by atoms with van der Waals surface area (Å²) in [6.45, 7) is 5.16. The Labute approximate surface area is 99.9 Å². The van der Waals surface area contributed by atoms with E-state index in [-0.39, 0.29) is 5.91 Å². The molecule has 1 aromatic rings. The zero-order valence-electron chi connectivity index (χ0n) is 10.1. The van der Waals surface area contributed by atoms with E-state index in [1.807, 2.05) is 0 Å². The molecule has 0 radical (unpaired) electrons. The summed E-state index contributed by atoms with van der Waals surface area (Å²) in [6, 6.07) is 6.74. The maximum atomic E-state index is 12.1.